The summed E-state index contributed by atoms with van der Waals surface area (Å²) in [4.78, 5) is 0. The van der Waals surface area contributed by atoms with Gasteiger partial charge in [-0.15, -0.1) is 12.4 Å². The number of ether oxygens (including phenoxy) is 1. The highest BCUT2D eigenvalue weighted by Gasteiger charge is 2.34. The van der Waals surface area contributed by atoms with Gasteiger partial charge in [0.25, 0.3) is 0 Å². The molecule has 132 valence electrons. The van der Waals surface area contributed by atoms with E-state index in [1.165, 1.54) is 4.68 Å². The summed E-state index contributed by atoms with van der Waals surface area (Å²) in [6.45, 7) is 4.45. The van der Waals surface area contributed by atoms with Crippen molar-refractivity contribution in [3.8, 4) is 5.69 Å². The largest absolute Gasteiger partial charge is 0.419 e. The van der Waals surface area contributed by atoms with Crippen LogP contribution >= 0.6 is 12.4 Å². The number of benzene rings is 1. The molecule has 1 aliphatic rings. The van der Waals surface area contributed by atoms with Gasteiger partial charge in [-0.3, -0.25) is 0 Å². The molecular formula is C16H19ClF3N3O. The predicted molar refractivity (Wildman–Crippen MR) is 86.6 cm³/mol. The van der Waals surface area contributed by atoms with Gasteiger partial charge in [0, 0.05) is 6.20 Å². The Labute approximate surface area is 144 Å². The van der Waals surface area contributed by atoms with Gasteiger partial charge in [0.05, 0.1) is 35.7 Å². The highest BCUT2D eigenvalue weighted by atomic mass is 35.5. The first-order chi connectivity index (χ1) is 10.7. The first-order valence-corrected chi connectivity index (χ1v) is 7.30. The lowest BCUT2D eigenvalue weighted by molar-refractivity contribution is -0.137. The van der Waals surface area contributed by atoms with Gasteiger partial charge in [0.2, 0.25) is 0 Å². The standard InChI is InChI=1S/C16H18F3N3O.ClH/c1-15(2)13-6-11(4-5-12(13)14(20-3)9-23-15)22-8-10(7-21-22)16(17,18)19;/h4-8,14,20H,9H2,1-3H3;1H. The van der Waals surface area contributed by atoms with Crippen LogP contribution in [-0.4, -0.2) is 23.4 Å². The number of fused-ring (bicyclic) bond motifs is 1. The normalized spacial score (nSPS) is 19.5. The topological polar surface area (TPSA) is 39.1 Å². The Morgan fingerprint density at radius 1 is 1.33 bits per heavy atom. The van der Waals surface area contributed by atoms with Crippen molar-refractivity contribution in [2.45, 2.75) is 31.7 Å². The highest BCUT2D eigenvalue weighted by Crippen LogP contribution is 2.38. The number of nitrogens with zero attached hydrogens (tertiary/aromatic N) is 2. The van der Waals surface area contributed by atoms with Crippen LogP contribution in [0.2, 0.25) is 0 Å². The maximum Gasteiger partial charge on any atom is 0.419 e. The first kappa shape index (κ1) is 18.8. The van der Waals surface area contributed by atoms with E-state index in [4.69, 9.17) is 4.74 Å². The van der Waals surface area contributed by atoms with Crippen molar-refractivity contribution in [3.05, 3.63) is 47.3 Å². The van der Waals surface area contributed by atoms with Crippen molar-refractivity contribution in [2.75, 3.05) is 13.7 Å². The molecule has 0 saturated heterocycles. The molecule has 0 saturated carbocycles. The van der Waals surface area contributed by atoms with Crippen LogP contribution in [0, 0.1) is 0 Å². The highest BCUT2D eigenvalue weighted by molar-refractivity contribution is 5.85. The minimum absolute atomic E-state index is 0. The molecule has 8 heteroatoms. The molecule has 2 aromatic rings. The summed E-state index contributed by atoms with van der Waals surface area (Å²) in [5.74, 6) is 0. The molecule has 0 amide bonds. The van der Waals surface area contributed by atoms with Gasteiger partial charge in [-0.1, -0.05) is 6.07 Å². The summed E-state index contributed by atoms with van der Waals surface area (Å²) in [6, 6.07) is 5.60. The van der Waals surface area contributed by atoms with Crippen LogP contribution in [-0.2, 0) is 16.5 Å². The van der Waals surface area contributed by atoms with Crippen molar-refractivity contribution >= 4 is 12.4 Å². The number of likely N-dealkylation sites (N-methyl/N-ethyl adjacent to an activating group) is 1. The van der Waals surface area contributed by atoms with Crippen LogP contribution in [0.4, 0.5) is 13.2 Å². The second-order valence-electron chi connectivity index (χ2n) is 6.11. The Hall–Kier alpha value is -1.57. The van der Waals surface area contributed by atoms with Crippen molar-refractivity contribution in [1.29, 1.82) is 0 Å². The smallest absolute Gasteiger partial charge is 0.369 e. The third kappa shape index (κ3) is 3.29. The van der Waals surface area contributed by atoms with Crippen LogP contribution in [0.25, 0.3) is 5.69 Å². The number of hydrogen-bond donors (Lipinski definition) is 1. The molecule has 0 spiro atoms. The van der Waals surface area contributed by atoms with E-state index in [0.717, 1.165) is 23.5 Å². The molecule has 1 atom stereocenters. The fraction of sp³-hybridized carbons (Fsp3) is 0.438. The number of rotatable bonds is 2. The summed E-state index contributed by atoms with van der Waals surface area (Å²) in [7, 11) is 1.85. The molecule has 1 aliphatic heterocycles. The monoisotopic (exact) mass is 361 g/mol. The van der Waals surface area contributed by atoms with Crippen molar-refractivity contribution < 1.29 is 17.9 Å². The second-order valence-corrected chi connectivity index (χ2v) is 6.11. The lowest BCUT2D eigenvalue weighted by Gasteiger charge is -2.37. The minimum atomic E-state index is -4.40. The van der Waals surface area contributed by atoms with Gasteiger partial charge in [-0.05, 0) is 44.2 Å². The summed E-state index contributed by atoms with van der Waals surface area (Å²) in [5, 5.41) is 7.01. The minimum Gasteiger partial charge on any atom is -0.369 e. The SMILES string of the molecule is CNC1COC(C)(C)c2cc(-n3cc(C(F)(F)F)cn3)ccc21.Cl. The van der Waals surface area contributed by atoms with E-state index in [1.807, 2.05) is 33.0 Å². The third-order valence-electron chi connectivity index (χ3n) is 4.19. The Morgan fingerprint density at radius 3 is 2.62 bits per heavy atom. The molecule has 4 nitrogen and oxygen atoms in total. The van der Waals surface area contributed by atoms with E-state index in [9.17, 15) is 13.2 Å². The third-order valence-corrected chi connectivity index (χ3v) is 4.19. The molecule has 1 N–H and O–H groups in total. The number of aromatic nitrogens is 2. The van der Waals surface area contributed by atoms with E-state index in [0.29, 0.717) is 12.3 Å². The van der Waals surface area contributed by atoms with Gasteiger partial charge in [0.1, 0.15) is 0 Å². The van der Waals surface area contributed by atoms with E-state index < -0.39 is 17.3 Å². The van der Waals surface area contributed by atoms with Crippen molar-refractivity contribution in [3.63, 3.8) is 0 Å². The molecule has 1 aromatic carbocycles. The molecule has 0 radical (unpaired) electrons. The Bertz CT molecular complexity index is 728. The Balaban J connectivity index is 0.00000208. The zero-order valence-corrected chi connectivity index (χ0v) is 14.3. The maximum absolute atomic E-state index is 12.7. The number of alkyl halides is 3. The van der Waals surface area contributed by atoms with E-state index in [-0.39, 0.29) is 18.4 Å². The molecule has 2 heterocycles. The predicted octanol–water partition coefficient (Wildman–Crippen LogP) is 3.84. The maximum atomic E-state index is 12.7. The summed E-state index contributed by atoms with van der Waals surface area (Å²) < 4.78 is 45.3. The van der Waals surface area contributed by atoms with Crippen LogP contribution in [0.15, 0.2) is 30.6 Å². The first-order valence-electron chi connectivity index (χ1n) is 7.30. The second kappa shape index (κ2) is 6.38. The number of halogens is 4. The molecule has 0 bridgehead atoms. The van der Waals surface area contributed by atoms with Gasteiger partial charge in [0.15, 0.2) is 0 Å². The van der Waals surface area contributed by atoms with Gasteiger partial charge in [-0.25, -0.2) is 4.68 Å². The zero-order valence-electron chi connectivity index (χ0n) is 13.5. The number of hydrogen-bond acceptors (Lipinski definition) is 3. The summed E-state index contributed by atoms with van der Waals surface area (Å²) in [6.07, 6.45) is -2.57. The molecule has 1 aromatic heterocycles. The van der Waals surface area contributed by atoms with E-state index >= 15 is 0 Å². The quantitative estimate of drug-likeness (QED) is 0.883. The Morgan fingerprint density at radius 2 is 2.04 bits per heavy atom. The molecule has 24 heavy (non-hydrogen) atoms. The van der Waals surface area contributed by atoms with Gasteiger partial charge in [-0.2, -0.15) is 18.3 Å². The molecule has 0 fully saturated rings. The fourth-order valence-corrected chi connectivity index (χ4v) is 2.82. The lowest BCUT2D eigenvalue weighted by atomic mass is 9.86. The average Bonchev–Trinajstić information content (AvgIpc) is 2.97. The molecule has 0 aliphatic carbocycles. The summed E-state index contributed by atoms with van der Waals surface area (Å²) >= 11 is 0. The van der Waals surface area contributed by atoms with Crippen molar-refractivity contribution in [1.82, 2.24) is 15.1 Å². The average molecular weight is 362 g/mol. The van der Waals surface area contributed by atoms with Crippen LogP contribution in [0.3, 0.4) is 0 Å². The van der Waals surface area contributed by atoms with Crippen LogP contribution in [0.5, 0.6) is 0 Å². The van der Waals surface area contributed by atoms with E-state index in [1.54, 1.807) is 6.07 Å². The fourth-order valence-electron chi connectivity index (χ4n) is 2.82. The summed E-state index contributed by atoms with van der Waals surface area (Å²) in [5.41, 5.74) is 1.35. The lowest BCUT2D eigenvalue weighted by Crippen LogP contribution is -2.36. The molecular weight excluding hydrogens is 343 g/mol. The van der Waals surface area contributed by atoms with E-state index in [2.05, 4.69) is 10.4 Å². The van der Waals surface area contributed by atoms with Crippen LogP contribution in [0.1, 0.15) is 36.6 Å². The van der Waals surface area contributed by atoms with Gasteiger partial charge < -0.3 is 10.1 Å². The van der Waals surface area contributed by atoms with Crippen LogP contribution < -0.4 is 5.32 Å². The molecule has 1 unspecified atom stereocenters. The molecule has 3 rings (SSSR count). The van der Waals surface area contributed by atoms with Crippen molar-refractivity contribution in [2.24, 2.45) is 0 Å². The zero-order chi connectivity index (χ0) is 16.8. The van der Waals surface area contributed by atoms with Gasteiger partial charge >= 0.3 is 6.18 Å². The Kier molecular flexibility index (Phi) is 4.99. The number of nitrogens with one attached hydrogen (secondary N) is 1.